The van der Waals surface area contributed by atoms with Crippen LogP contribution in [0, 0.1) is 0 Å². The second-order valence-electron chi connectivity index (χ2n) is 8.84. The van der Waals surface area contributed by atoms with Gasteiger partial charge in [0.2, 0.25) is 5.91 Å². The summed E-state index contributed by atoms with van der Waals surface area (Å²) in [4.78, 5) is 12.7. The van der Waals surface area contributed by atoms with Crippen LogP contribution in [0.15, 0.2) is 84.0 Å². The van der Waals surface area contributed by atoms with Gasteiger partial charge < -0.3 is 10.1 Å². The number of nitrogens with one attached hydrogen (secondary N) is 1. The highest BCUT2D eigenvalue weighted by atomic mass is 32.2. The number of carbonyl (C=O) groups is 1. The summed E-state index contributed by atoms with van der Waals surface area (Å²) >= 11 is 1.34. The van der Waals surface area contributed by atoms with E-state index in [0.29, 0.717) is 16.6 Å². The van der Waals surface area contributed by atoms with Gasteiger partial charge in [-0.3, -0.25) is 9.36 Å². The minimum atomic E-state index is -0.145. The number of aromatic nitrogens is 3. The first-order valence-corrected chi connectivity index (χ1v) is 12.0. The Balaban J connectivity index is 1.59. The van der Waals surface area contributed by atoms with E-state index in [0.717, 1.165) is 17.1 Å². The number of thioether (sulfide) groups is 1. The van der Waals surface area contributed by atoms with Gasteiger partial charge in [0, 0.05) is 11.3 Å². The van der Waals surface area contributed by atoms with E-state index < -0.39 is 0 Å². The molecular weight excluding hydrogens is 444 g/mol. The molecule has 1 heterocycles. The summed E-state index contributed by atoms with van der Waals surface area (Å²) in [5.74, 6) is 1.40. The lowest BCUT2D eigenvalue weighted by Crippen LogP contribution is -2.15. The molecule has 0 spiro atoms. The molecule has 0 fully saturated rings. The average molecular weight is 473 g/mol. The fourth-order valence-electron chi connectivity index (χ4n) is 3.54. The molecule has 7 heteroatoms. The number of hydrogen-bond donors (Lipinski definition) is 1. The number of benzene rings is 3. The Kier molecular flexibility index (Phi) is 7.03. The molecule has 0 aliphatic carbocycles. The number of amides is 1. The number of para-hydroxylation sites is 3. The summed E-state index contributed by atoms with van der Waals surface area (Å²) in [5.41, 5.74) is 3.87. The standard InChI is InChI=1S/C27H28N4O2S/c1-27(2,3)20-16-14-19(15-17-20)25-29-30-26(31(25)21-10-6-5-7-11-21)34-18-24(32)28-22-12-8-9-13-23(22)33-4/h5-17H,18H2,1-4H3,(H,28,32). The number of rotatable bonds is 7. The Morgan fingerprint density at radius 1 is 0.941 bits per heavy atom. The summed E-state index contributed by atoms with van der Waals surface area (Å²) in [6, 6.07) is 25.7. The number of nitrogens with zero attached hydrogens (tertiary/aromatic N) is 3. The Labute approximate surface area is 204 Å². The van der Waals surface area contributed by atoms with Crippen molar-refractivity contribution in [3.8, 4) is 22.8 Å². The molecule has 0 aliphatic rings. The highest BCUT2D eigenvalue weighted by Gasteiger charge is 2.19. The topological polar surface area (TPSA) is 69.0 Å². The Bertz CT molecular complexity index is 1260. The van der Waals surface area contributed by atoms with Crippen LogP contribution in [0.25, 0.3) is 17.1 Å². The average Bonchev–Trinajstić information content (AvgIpc) is 3.27. The molecule has 34 heavy (non-hydrogen) atoms. The van der Waals surface area contributed by atoms with Crippen LogP contribution < -0.4 is 10.1 Å². The predicted molar refractivity (Wildman–Crippen MR) is 138 cm³/mol. The minimum absolute atomic E-state index is 0.0709. The first kappa shape index (κ1) is 23.6. The van der Waals surface area contributed by atoms with E-state index in [1.165, 1.54) is 17.3 Å². The Morgan fingerprint density at radius 3 is 2.29 bits per heavy atom. The van der Waals surface area contributed by atoms with Crippen molar-refractivity contribution in [2.45, 2.75) is 31.3 Å². The summed E-state index contributed by atoms with van der Waals surface area (Å²) in [6.07, 6.45) is 0. The van der Waals surface area contributed by atoms with Crippen LogP contribution in [0.3, 0.4) is 0 Å². The molecule has 0 atom stereocenters. The van der Waals surface area contributed by atoms with Crippen molar-refractivity contribution in [3.63, 3.8) is 0 Å². The van der Waals surface area contributed by atoms with E-state index in [9.17, 15) is 4.79 Å². The fraction of sp³-hybridized carbons (Fsp3) is 0.222. The maximum atomic E-state index is 12.7. The molecule has 1 amide bonds. The molecule has 3 aromatic carbocycles. The summed E-state index contributed by atoms with van der Waals surface area (Å²) in [6.45, 7) is 6.58. The zero-order valence-corrected chi connectivity index (χ0v) is 20.6. The lowest BCUT2D eigenvalue weighted by molar-refractivity contribution is -0.113. The lowest BCUT2D eigenvalue weighted by Gasteiger charge is -2.19. The number of hydrogen-bond acceptors (Lipinski definition) is 5. The molecule has 0 radical (unpaired) electrons. The molecular formula is C27H28N4O2S. The van der Waals surface area contributed by atoms with Crippen LogP contribution in [0.2, 0.25) is 0 Å². The number of anilines is 1. The van der Waals surface area contributed by atoms with E-state index in [4.69, 9.17) is 4.74 Å². The zero-order chi connectivity index (χ0) is 24.1. The van der Waals surface area contributed by atoms with Crippen molar-refractivity contribution in [1.82, 2.24) is 14.8 Å². The van der Waals surface area contributed by atoms with Crippen molar-refractivity contribution >= 4 is 23.4 Å². The smallest absolute Gasteiger partial charge is 0.234 e. The summed E-state index contributed by atoms with van der Waals surface area (Å²) in [5, 5.41) is 12.5. The SMILES string of the molecule is COc1ccccc1NC(=O)CSc1nnc(-c2ccc(C(C)(C)C)cc2)n1-c1ccccc1. The van der Waals surface area contributed by atoms with Gasteiger partial charge in [-0.1, -0.05) is 87.1 Å². The van der Waals surface area contributed by atoms with E-state index in [-0.39, 0.29) is 17.1 Å². The quantitative estimate of drug-likeness (QED) is 0.336. The van der Waals surface area contributed by atoms with Gasteiger partial charge in [0.15, 0.2) is 11.0 Å². The largest absolute Gasteiger partial charge is 0.495 e. The normalized spacial score (nSPS) is 11.3. The van der Waals surface area contributed by atoms with Gasteiger partial charge >= 0.3 is 0 Å². The highest BCUT2D eigenvalue weighted by molar-refractivity contribution is 7.99. The molecule has 4 rings (SSSR count). The molecule has 4 aromatic rings. The van der Waals surface area contributed by atoms with Crippen LogP contribution in [0.1, 0.15) is 26.3 Å². The molecule has 174 valence electrons. The second-order valence-corrected chi connectivity index (χ2v) is 9.78. The molecule has 1 N–H and O–H groups in total. The monoisotopic (exact) mass is 472 g/mol. The van der Waals surface area contributed by atoms with Crippen molar-refractivity contribution in [3.05, 3.63) is 84.4 Å². The van der Waals surface area contributed by atoms with Gasteiger partial charge in [-0.25, -0.2) is 0 Å². The molecule has 0 unspecified atom stereocenters. The van der Waals surface area contributed by atoms with Crippen LogP contribution in [0.5, 0.6) is 5.75 Å². The number of methoxy groups -OCH3 is 1. The van der Waals surface area contributed by atoms with Gasteiger partial charge in [-0.15, -0.1) is 10.2 Å². The van der Waals surface area contributed by atoms with Crippen LogP contribution in [-0.4, -0.2) is 33.5 Å². The third kappa shape index (κ3) is 5.31. The number of carbonyl (C=O) groups excluding carboxylic acids is 1. The van der Waals surface area contributed by atoms with Crippen molar-refractivity contribution in [2.24, 2.45) is 0 Å². The van der Waals surface area contributed by atoms with Crippen LogP contribution in [-0.2, 0) is 10.2 Å². The van der Waals surface area contributed by atoms with E-state index in [1.807, 2.05) is 59.2 Å². The first-order valence-electron chi connectivity index (χ1n) is 11.0. The number of ether oxygens (including phenoxy) is 1. The Morgan fingerprint density at radius 2 is 1.62 bits per heavy atom. The maximum Gasteiger partial charge on any atom is 0.234 e. The van der Waals surface area contributed by atoms with Crippen LogP contribution in [0.4, 0.5) is 5.69 Å². The van der Waals surface area contributed by atoms with Crippen molar-refractivity contribution in [2.75, 3.05) is 18.2 Å². The second kappa shape index (κ2) is 10.1. The van der Waals surface area contributed by atoms with E-state index in [2.05, 4.69) is 60.6 Å². The van der Waals surface area contributed by atoms with Gasteiger partial charge in [0.1, 0.15) is 5.75 Å². The molecule has 0 saturated carbocycles. The maximum absolute atomic E-state index is 12.7. The molecule has 0 saturated heterocycles. The molecule has 0 aliphatic heterocycles. The van der Waals surface area contributed by atoms with Gasteiger partial charge in [-0.05, 0) is 35.2 Å². The third-order valence-electron chi connectivity index (χ3n) is 5.37. The summed E-state index contributed by atoms with van der Waals surface area (Å²) < 4.78 is 7.31. The highest BCUT2D eigenvalue weighted by Crippen LogP contribution is 2.30. The van der Waals surface area contributed by atoms with Crippen molar-refractivity contribution < 1.29 is 9.53 Å². The first-order chi connectivity index (χ1) is 16.4. The van der Waals surface area contributed by atoms with Crippen molar-refractivity contribution in [1.29, 1.82) is 0 Å². The fourth-order valence-corrected chi connectivity index (χ4v) is 4.30. The van der Waals surface area contributed by atoms with E-state index in [1.54, 1.807) is 7.11 Å². The minimum Gasteiger partial charge on any atom is -0.495 e. The van der Waals surface area contributed by atoms with Gasteiger partial charge in [-0.2, -0.15) is 0 Å². The third-order valence-corrected chi connectivity index (χ3v) is 6.30. The molecule has 0 bridgehead atoms. The van der Waals surface area contributed by atoms with E-state index >= 15 is 0 Å². The van der Waals surface area contributed by atoms with Gasteiger partial charge in [0.05, 0.1) is 18.6 Å². The van der Waals surface area contributed by atoms with Gasteiger partial charge in [0.25, 0.3) is 0 Å². The lowest BCUT2D eigenvalue weighted by atomic mass is 9.87. The predicted octanol–water partition coefficient (Wildman–Crippen LogP) is 5.97. The summed E-state index contributed by atoms with van der Waals surface area (Å²) in [7, 11) is 1.58. The van der Waals surface area contributed by atoms with Crippen LogP contribution >= 0.6 is 11.8 Å². The Hall–Kier alpha value is -3.58. The molecule has 1 aromatic heterocycles. The zero-order valence-electron chi connectivity index (χ0n) is 19.8. The molecule has 6 nitrogen and oxygen atoms in total.